The number of fused-ring (bicyclic) bond motifs is 3. The molecule has 29 heavy (non-hydrogen) atoms. The van der Waals surface area contributed by atoms with Crippen LogP contribution in [0.5, 0.6) is 0 Å². The SMILES string of the molecule is CC[C@H](C)n1c(C)c(C)n2c3c(=O)n(Cc4ccc(Cl)cc4)c(=O)n(C)c3nc12. The minimum absolute atomic E-state index is 0.177. The summed E-state index contributed by atoms with van der Waals surface area (Å²) in [5.41, 5.74) is 2.97. The van der Waals surface area contributed by atoms with Gasteiger partial charge in [0.2, 0.25) is 5.78 Å². The molecule has 0 aliphatic carbocycles. The first-order chi connectivity index (χ1) is 13.8. The average Bonchev–Trinajstić information content (AvgIpc) is 3.20. The molecule has 3 aromatic heterocycles. The van der Waals surface area contributed by atoms with Crippen LogP contribution in [0.4, 0.5) is 0 Å². The zero-order valence-electron chi connectivity index (χ0n) is 17.2. The fourth-order valence-corrected chi connectivity index (χ4v) is 4.02. The summed E-state index contributed by atoms with van der Waals surface area (Å²) in [6.07, 6.45) is 0.938. The van der Waals surface area contributed by atoms with Gasteiger partial charge in [-0.1, -0.05) is 30.7 Å². The van der Waals surface area contributed by atoms with Crippen LogP contribution in [0.15, 0.2) is 33.9 Å². The van der Waals surface area contributed by atoms with Crippen molar-refractivity contribution in [1.29, 1.82) is 0 Å². The Kier molecular flexibility index (Phi) is 4.65. The second-order valence-corrected chi connectivity index (χ2v) is 8.01. The molecule has 1 aromatic carbocycles. The molecule has 0 N–H and O–H groups in total. The molecule has 4 rings (SSSR count). The molecule has 1 atom stereocenters. The van der Waals surface area contributed by atoms with Crippen LogP contribution in [-0.2, 0) is 13.6 Å². The van der Waals surface area contributed by atoms with Gasteiger partial charge in [-0.05, 0) is 44.9 Å². The molecule has 0 aliphatic heterocycles. The Morgan fingerprint density at radius 3 is 2.38 bits per heavy atom. The van der Waals surface area contributed by atoms with Crippen LogP contribution in [0.3, 0.4) is 0 Å². The van der Waals surface area contributed by atoms with Gasteiger partial charge in [-0.3, -0.25) is 18.3 Å². The zero-order valence-corrected chi connectivity index (χ0v) is 18.0. The van der Waals surface area contributed by atoms with Crippen LogP contribution in [-0.4, -0.2) is 23.1 Å². The maximum atomic E-state index is 13.4. The smallest absolute Gasteiger partial charge is 0.311 e. The van der Waals surface area contributed by atoms with Gasteiger partial charge in [-0.2, -0.15) is 4.98 Å². The summed E-state index contributed by atoms with van der Waals surface area (Å²) in [6, 6.07) is 7.37. The van der Waals surface area contributed by atoms with Crippen molar-refractivity contribution in [3.63, 3.8) is 0 Å². The second-order valence-electron chi connectivity index (χ2n) is 7.58. The molecule has 0 spiro atoms. The van der Waals surface area contributed by atoms with E-state index in [-0.39, 0.29) is 23.8 Å². The van der Waals surface area contributed by atoms with E-state index in [9.17, 15) is 9.59 Å². The normalized spacial score (nSPS) is 12.9. The third-order valence-corrected chi connectivity index (χ3v) is 6.10. The molecule has 0 amide bonds. The van der Waals surface area contributed by atoms with Crippen molar-refractivity contribution in [2.45, 2.75) is 46.7 Å². The molecular weight excluding hydrogens is 390 g/mol. The van der Waals surface area contributed by atoms with E-state index in [0.29, 0.717) is 22.0 Å². The molecule has 0 aliphatic rings. The molecule has 3 heterocycles. The highest BCUT2D eigenvalue weighted by molar-refractivity contribution is 6.30. The van der Waals surface area contributed by atoms with Crippen molar-refractivity contribution in [1.82, 2.24) is 23.1 Å². The topological polar surface area (TPSA) is 66.2 Å². The Balaban J connectivity index is 2.05. The third kappa shape index (κ3) is 2.83. The summed E-state index contributed by atoms with van der Waals surface area (Å²) in [7, 11) is 1.66. The van der Waals surface area contributed by atoms with Gasteiger partial charge < -0.3 is 4.57 Å². The minimum Gasteiger partial charge on any atom is -0.311 e. The van der Waals surface area contributed by atoms with Crippen LogP contribution < -0.4 is 11.2 Å². The molecule has 0 saturated carbocycles. The average molecular weight is 414 g/mol. The number of aryl methyl sites for hydroxylation is 2. The van der Waals surface area contributed by atoms with Crippen molar-refractivity contribution in [3.05, 3.63) is 67.1 Å². The maximum absolute atomic E-state index is 13.4. The molecule has 0 saturated heterocycles. The molecule has 0 bridgehead atoms. The molecule has 8 heteroatoms. The lowest BCUT2D eigenvalue weighted by Gasteiger charge is -2.13. The Hall–Kier alpha value is -2.80. The van der Waals surface area contributed by atoms with Crippen molar-refractivity contribution in [2.24, 2.45) is 7.05 Å². The fourth-order valence-electron chi connectivity index (χ4n) is 3.90. The van der Waals surface area contributed by atoms with Crippen LogP contribution in [0.25, 0.3) is 16.9 Å². The van der Waals surface area contributed by atoms with E-state index in [1.165, 1.54) is 9.13 Å². The number of benzene rings is 1. The lowest BCUT2D eigenvalue weighted by Crippen LogP contribution is -2.39. The van der Waals surface area contributed by atoms with Gasteiger partial charge >= 0.3 is 5.69 Å². The first-order valence-corrected chi connectivity index (χ1v) is 10.1. The van der Waals surface area contributed by atoms with Crippen molar-refractivity contribution in [3.8, 4) is 0 Å². The third-order valence-electron chi connectivity index (χ3n) is 5.85. The predicted octanol–water partition coefficient (Wildman–Crippen LogP) is 3.44. The lowest BCUT2D eigenvalue weighted by molar-refractivity contribution is 0.532. The molecule has 7 nitrogen and oxygen atoms in total. The van der Waals surface area contributed by atoms with E-state index < -0.39 is 0 Å². The zero-order chi connectivity index (χ0) is 21.0. The highest BCUT2D eigenvalue weighted by Gasteiger charge is 2.24. The van der Waals surface area contributed by atoms with Gasteiger partial charge in [0, 0.05) is 29.5 Å². The summed E-state index contributed by atoms with van der Waals surface area (Å²) < 4.78 is 6.74. The van der Waals surface area contributed by atoms with Gasteiger partial charge in [0.15, 0.2) is 11.2 Å². The highest BCUT2D eigenvalue weighted by atomic mass is 35.5. The van der Waals surface area contributed by atoms with E-state index in [0.717, 1.165) is 23.4 Å². The first kappa shape index (κ1) is 19.5. The van der Waals surface area contributed by atoms with Crippen molar-refractivity contribution >= 4 is 28.5 Å². The molecule has 152 valence electrons. The number of rotatable bonds is 4. The van der Waals surface area contributed by atoms with Crippen LogP contribution in [0.1, 0.15) is 43.3 Å². The Morgan fingerprint density at radius 1 is 1.10 bits per heavy atom. The quantitative estimate of drug-likeness (QED) is 0.514. The largest absolute Gasteiger partial charge is 0.332 e. The maximum Gasteiger partial charge on any atom is 0.332 e. The van der Waals surface area contributed by atoms with E-state index in [4.69, 9.17) is 16.6 Å². The van der Waals surface area contributed by atoms with Gasteiger partial charge in [0.1, 0.15) is 0 Å². The number of halogens is 1. The molecular formula is C21H24ClN5O2. The van der Waals surface area contributed by atoms with Gasteiger partial charge in [-0.25, -0.2) is 4.79 Å². The number of nitrogens with zero attached hydrogens (tertiary/aromatic N) is 5. The monoisotopic (exact) mass is 413 g/mol. The number of aromatic nitrogens is 5. The molecule has 0 radical (unpaired) electrons. The van der Waals surface area contributed by atoms with Gasteiger partial charge in [-0.15, -0.1) is 0 Å². The first-order valence-electron chi connectivity index (χ1n) is 9.70. The standard InChI is InChI=1S/C21H24ClN5O2/c1-6-12(2)26-13(3)14(4)27-17-18(23-20(26)27)24(5)21(29)25(19(17)28)11-15-7-9-16(22)10-8-15/h7-10,12H,6,11H2,1-5H3/t12-/m0/s1. The number of hydrogen-bond acceptors (Lipinski definition) is 3. The summed E-state index contributed by atoms with van der Waals surface area (Å²) >= 11 is 5.95. The van der Waals surface area contributed by atoms with E-state index in [1.807, 2.05) is 30.4 Å². The van der Waals surface area contributed by atoms with Gasteiger partial charge in [0.25, 0.3) is 5.56 Å². The summed E-state index contributed by atoms with van der Waals surface area (Å²) in [4.78, 5) is 31.1. The fraction of sp³-hybridized carbons (Fsp3) is 0.381. The predicted molar refractivity (Wildman–Crippen MR) is 115 cm³/mol. The number of hydrogen-bond donors (Lipinski definition) is 0. The lowest BCUT2D eigenvalue weighted by atomic mass is 10.2. The van der Waals surface area contributed by atoms with Crippen LogP contribution in [0.2, 0.25) is 5.02 Å². The summed E-state index contributed by atoms with van der Waals surface area (Å²) in [5, 5.41) is 0.611. The Bertz CT molecular complexity index is 1350. The highest BCUT2D eigenvalue weighted by Crippen LogP contribution is 2.25. The molecule has 0 fully saturated rings. The second kappa shape index (κ2) is 6.91. The number of imidazole rings is 2. The Labute approximate surface area is 172 Å². The summed E-state index contributed by atoms with van der Waals surface area (Å²) in [5.74, 6) is 0.695. The van der Waals surface area contributed by atoms with Crippen molar-refractivity contribution < 1.29 is 0 Å². The van der Waals surface area contributed by atoms with E-state index in [1.54, 1.807) is 19.2 Å². The Morgan fingerprint density at radius 2 is 1.76 bits per heavy atom. The minimum atomic E-state index is -0.386. The van der Waals surface area contributed by atoms with Crippen molar-refractivity contribution in [2.75, 3.05) is 0 Å². The molecule has 0 unspecified atom stereocenters. The summed E-state index contributed by atoms with van der Waals surface area (Å²) in [6.45, 7) is 8.44. The van der Waals surface area contributed by atoms with Crippen LogP contribution in [0, 0.1) is 13.8 Å². The van der Waals surface area contributed by atoms with E-state index in [2.05, 4.69) is 18.4 Å². The van der Waals surface area contributed by atoms with Gasteiger partial charge in [0.05, 0.1) is 6.54 Å². The molecule has 4 aromatic rings. The van der Waals surface area contributed by atoms with Crippen LogP contribution >= 0.6 is 11.6 Å². The van der Waals surface area contributed by atoms with E-state index >= 15 is 0 Å².